The predicted octanol–water partition coefficient (Wildman–Crippen LogP) is 4.64. The highest BCUT2D eigenvalue weighted by molar-refractivity contribution is 6.66. The molecule has 2 aromatic rings. The number of hydrogen-bond acceptors (Lipinski definition) is 2. The van der Waals surface area contributed by atoms with Crippen LogP contribution in [0.5, 0.6) is 0 Å². The zero-order valence-corrected chi connectivity index (χ0v) is 11.2. The molecule has 2 rings (SSSR count). The van der Waals surface area contributed by atoms with Crippen molar-refractivity contribution in [1.29, 1.82) is 0 Å². The molecule has 8 heteroatoms. The second-order valence-electron chi connectivity index (χ2n) is 3.69. The smallest absolute Gasteiger partial charge is 0.417 e. The van der Waals surface area contributed by atoms with Gasteiger partial charge in [0.05, 0.1) is 5.56 Å². The highest BCUT2D eigenvalue weighted by Gasteiger charge is 2.34. The summed E-state index contributed by atoms with van der Waals surface area (Å²) >= 11 is 16.9. The molecule has 0 saturated heterocycles. The van der Waals surface area contributed by atoms with E-state index >= 15 is 0 Å². The Bertz CT molecular complexity index is 686. The number of rotatable bonds is 0. The minimum absolute atomic E-state index is 0.104. The van der Waals surface area contributed by atoms with Crippen LogP contribution < -0.4 is 5.63 Å². The summed E-state index contributed by atoms with van der Waals surface area (Å²) in [6, 6.07) is 3.80. The minimum Gasteiger partial charge on any atom is -0.423 e. The Morgan fingerprint density at radius 1 is 1.05 bits per heavy atom. The maximum absolute atomic E-state index is 12.8. The summed E-state index contributed by atoms with van der Waals surface area (Å²) in [7, 11) is 0. The fraction of sp³-hybridized carbons (Fsp3) is 0.182. The first-order valence-corrected chi connectivity index (χ1v) is 5.95. The summed E-state index contributed by atoms with van der Waals surface area (Å²) in [5, 5.41) is -0.273. The molecule has 0 unspecified atom stereocenters. The van der Waals surface area contributed by atoms with Gasteiger partial charge in [0.15, 0.2) is 0 Å². The van der Waals surface area contributed by atoms with Crippen LogP contribution in [0.2, 0.25) is 0 Å². The van der Waals surface area contributed by atoms with E-state index in [-0.39, 0.29) is 16.5 Å². The molecule has 1 aromatic carbocycles. The molecule has 0 bridgehead atoms. The van der Waals surface area contributed by atoms with Gasteiger partial charge in [-0.15, -0.1) is 0 Å². The fourth-order valence-electron chi connectivity index (χ4n) is 1.57. The summed E-state index contributed by atoms with van der Waals surface area (Å²) in [4.78, 5) is 11.1. The third-order valence-electron chi connectivity index (χ3n) is 2.38. The monoisotopic (exact) mass is 330 g/mol. The lowest BCUT2D eigenvalue weighted by molar-refractivity contribution is -0.136. The summed E-state index contributed by atoms with van der Waals surface area (Å²) in [5.41, 5.74) is -2.40. The van der Waals surface area contributed by atoms with E-state index in [1.807, 2.05) is 0 Å². The highest BCUT2D eigenvalue weighted by atomic mass is 35.6. The van der Waals surface area contributed by atoms with E-state index in [0.29, 0.717) is 6.07 Å². The average Bonchev–Trinajstić information content (AvgIpc) is 2.24. The minimum atomic E-state index is -4.67. The van der Waals surface area contributed by atoms with Gasteiger partial charge in [-0.05, 0) is 6.07 Å². The summed E-state index contributed by atoms with van der Waals surface area (Å²) in [6.45, 7) is 0. The van der Waals surface area contributed by atoms with Crippen LogP contribution in [0.1, 0.15) is 11.1 Å². The van der Waals surface area contributed by atoms with E-state index in [9.17, 15) is 18.0 Å². The molecule has 0 amide bonds. The van der Waals surface area contributed by atoms with Gasteiger partial charge in [0.2, 0.25) is 3.79 Å². The van der Waals surface area contributed by atoms with Crippen molar-refractivity contribution >= 4 is 45.8 Å². The van der Waals surface area contributed by atoms with E-state index in [1.54, 1.807) is 0 Å². The Labute approximate surface area is 119 Å². The van der Waals surface area contributed by atoms with Gasteiger partial charge in [-0.3, -0.25) is 0 Å². The second kappa shape index (κ2) is 4.58. The SMILES string of the molecule is O=c1cc(C(F)(F)F)c2ccc(C(Cl)(Cl)Cl)cc2o1. The van der Waals surface area contributed by atoms with Crippen LogP contribution in [-0.4, -0.2) is 0 Å². The predicted molar refractivity (Wildman–Crippen MR) is 66.7 cm³/mol. The number of fused-ring (bicyclic) bond motifs is 1. The molecule has 0 saturated carbocycles. The Morgan fingerprint density at radius 2 is 1.68 bits per heavy atom. The van der Waals surface area contributed by atoms with Gasteiger partial charge in [0, 0.05) is 17.0 Å². The van der Waals surface area contributed by atoms with E-state index in [0.717, 1.165) is 12.1 Å². The number of benzene rings is 1. The molecule has 0 aliphatic rings. The number of hydrogen-bond donors (Lipinski definition) is 0. The Balaban J connectivity index is 2.80. The largest absolute Gasteiger partial charge is 0.423 e. The van der Waals surface area contributed by atoms with Gasteiger partial charge < -0.3 is 4.42 Å². The average molecular weight is 332 g/mol. The van der Waals surface area contributed by atoms with Crippen molar-refractivity contribution in [3.05, 3.63) is 45.8 Å². The maximum atomic E-state index is 12.8. The van der Waals surface area contributed by atoms with Gasteiger partial charge >= 0.3 is 11.8 Å². The van der Waals surface area contributed by atoms with Crippen molar-refractivity contribution in [3.63, 3.8) is 0 Å². The molecule has 19 heavy (non-hydrogen) atoms. The molecular weight excluding hydrogens is 327 g/mol. The van der Waals surface area contributed by atoms with Gasteiger partial charge in [0.25, 0.3) is 0 Å². The number of halogens is 6. The van der Waals surface area contributed by atoms with Gasteiger partial charge in [-0.25, -0.2) is 4.79 Å². The molecule has 0 radical (unpaired) electrons. The van der Waals surface area contributed by atoms with E-state index in [4.69, 9.17) is 39.2 Å². The van der Waals surface area contributed by atoms with Crippen molar-refractivity contribution in [2.45, 2.75) is 9.97 Å². The second-order valence-corrected chi connectivity index (χ2v) is 5.97. The topological polar surface area (TPSA) is 30.2 Å². The first kappa shape index (κ1) is 14.5. The van der Waals surface area contributed by atoms with Crippen LogP contribution in [0.4, 0.5) is 13.2 Å². The van der Waals surface area contributed by atoms with Gasteiger partial charge in [-0.2, -0.15) is 13.2 Å². The van der Waals surface area contributed by atoms with Crippen LogP contribution in [0, 0.1) is 0 Å². The summed E-state index contributed by atoms with van der Waals surface area (Å²) < 4.78 is 41.2. The standard InChI is InChI=1S/C11H4Cl3F3O2/c12-10(13,14)5-1-2-6-7(11(15,16)17)4-9(18)19-8(6)3-5/h1-4H. The van der Waals surface area contributed by atoms with Crippen molar-refractivity contribution in [2.24, 2.45) is 0 Å². The fourth-order valence-corrected chi connectivity index (χ4v) is 1.93. The molecule has 0 aliphatic carbocycles. The van der Waals surface area contributed by atoms with Crippen LogP contribution in [0.3, 0.4) is 0 Å². The summed E-state index contributed by atoms with van der Waals surface area (Å²) in [6.07, 6.45) is -4.67. The van der Waals surface area contributed by atoms with Crippen LogP contribution in [0.15, 0.2) is 33.5 Å². The molecule has 102 valence electrons. The molecule has 0 N–H and O–H groups in total. The van der Waals surface area contributed by atoms with Gasteiger partial charge in [0.1, 0.15) is 5.58 Å². The van der Waals surface area contributed by atoms with E-state index < -0.39 is 21.2 Å². The van der Waals surface area contributed by atoms with E-state index in [2.05, 4.69) is 0 Å². The molecule has 0 fully saturated rings. The van der Waals surface area contributed by atoms with E-state index in [1.165, 1.54) is 6.07 Å². The molecule has 2 nitrogen and oxygen atoms in total. The zero-order chi connectivity index (χ0) is 14.4. The third-order valence-corrected chi connectivity index (χ3v) is 3.03. The lowest BCUT2D eigenvalue weighted by Crippen LogP contribution is -2.11. The summed E-state index contributed by atoms with van der Waals surface area (Å²) in [5.74, 6) is 0. The lowest BCUT2D eigenvalue weighted by Gasteiger charge is -2.13. The molecule has 0 spiro atoms. The van der Waals surface area contributed by atoms with Crippen molar-refractivity contribution in [2.75, 3.05) is 0 Å². The molecule has 1 heterocycles. The number of alkyl halides is 6. The lowest BCUT2D eigenvalue weighted by atomic mass is 10.1. The Hall–Kier alpha value is -0.910. The zero-order valence-electron chi connectivity index (χ0n) is 8.89. The molecule has 0 aliphatic heterocycles. The van der Waals surface area contributed by atoms with Crippen LogP contribution in [-0.2, 0) is 9.97 Å². The Kier molecular flexibility index (Phi) is 3.49. The highest BCUT2D eigenvalue weighted by Crippen LogP contribution is 2.40. The van der Waals surface area contributed by atoms with Crippen molar-refractivity contribution in [1.82, 2.24) is 0 Å². The molecule has 0 atom stereocenters. The quantitative estimate of drug-likeness (QED) is 0.520. The first-order valence-electron chi connectivity index (χ1n) is 4.81. The first-order chi connectivity index (χ1) is 8.59. The third kappa shape index (κ3) is 2.99. The maximum Gasteiger partial charge on any atom is 0.417 e. The molecular formula is C11H4Cl3F3O2. The van der Waals surface area contributed by atoms with Crippen molar-refractivity contribution in [3.8, 4) is 0 Å². The van der Waals surface area contributed by atoms with Crippen LogP contribution >= 0.6 is 34.8 Å². The van der Waals surface area contributed by atoms with Crippen molar-refractivity contribution < 1.29 is 17.6 Å². The van der Waals surface area contributed by atoms with Gasteiger partial charge in [-0.1, -0.05) is 46.9 Å². The van der Waals surface area contributed by atoms with Crippen LogP contribution in [0.25, 0.3) is 11.0 Å². The normalized spacial score (nSPS) is 12.9. The Morgan fingerprint density at radius 3 is 2.21 bits per heavy atom. The molecule has 1 aromatic heterocycles.